The predicted molar refractivity (Wildman–Crippen MR) is 57.7 cm³/mol. The molecule has 1 fully saturated rings. The van der Waals surface area contributed by atoms with Gasteiger partial charge in [0.15, 0.2) is 0 Å². The number of rotatable bonds is 5. The van der Waals surface area contributed by atoms with Gasteiger partial charge in [-0.1, -0.05) is 0 Å². The van der Waals surface area contributed by atoms with E-state index in [-0.39, 0.29) is 6.10 Å². The van der Waals surface area contributed by atoms with Crippen LogP contribution in [0.3, 0.4) is 0 Å². The number of alkyl halides is 1. The Balaban J connectivity index is 2.07. The first-order valence-corrected chi connectivity index (χ1v) is 5.75. The van der Waals surface area contributed by atoms with Crippen molar-refractivity contribution >= 4 is 0 Å². The summed E-state index contributed by atoms with van der Waals surface area (Å²) in [5, 5.41) is 9.21. The fourth-order valence-corrected chi connectivity index (χ4v) is 1.77. The normalized spacial score (nSPS) is 28.6. The molecule has 0 unspecified atom stereocenters. The third-order valence-electron chi connectivity index (χ3n) is 2.66. The molecule has 1 heterocycles. The van der Waals surface area contributed by atoms with Gasteiger partial charge in [-0.2, -0.15) is 0 Å². The predicted octanol–water partition coefficient (Wildman–Crippen LogP) is 1.21. The van der Waals surface area contributed by atoms with Gasteiger partial charge in [0.05, 0.1) is 12.2 Å². The van der Waals surface area contributed by atoms with Gasteiger partial charge in [0.1, 0.15) is 6.17 Å². The Hall–Kier alpha value is -0.190. The quantitative estimate of drug-likeness (QED) is 0.705. The Morgan fingerprint density at radius 1 is 1.53 bits per heavy atom. The smallest absolute Gasteiger partial charge is 0.138 e. The molecule has 0 spiro atoms. The minimum Gasteiger partial charge on any atom is -0.390 e. The molecular formula is C11H22FNO2. The lowest BCUT2D eigenvalue weighted by atomic mass is 10.1. The molecular weight excluding hydrogens is 197 g/mol. The Kier molecular flexibility index (Phi) is 5.50. The number of hydrogen-bond acceptors (Lipinski definition) is 3. The molecule has 1 aliphatic rings. The average Bonchev–Trinajstić information content (AvgIpc) is 2.18. The van der Waals surface area contributed by atoms with Crippen molar-refractivity contribution in [3.05, 3.63) is 0 Å². The van der Waals surface area contributed by atoms with Crippen LogP contribution >= 0.6 is 0 Å². The van der Waals surface area contributed by atoms with Crippen LogP contribution in [-0.4, -0.2) is 54.6 Å². The van der Waals surface area contributed by atoms with E-state index in [4.69, 9.17) is 4.74 Å². The van der Waals surface area contributed by atoms with E-state index in [0.29, 0.717) is 13.0 Å². The molecule has 0 saturated carbocycles. The summed E-state index contributed by atoms with van der Waals surface area (Å²) < 4.78 is 18.6. The number of halogens is 1. The minimum absolute atomic E-state index is 0.266. The topological polar surface area (TPSA) is 32.7 Å². The zero-order chi connectivity index (χ0) is 11.3. The summed E-state index contributed by atoms with van der Waals surface area (Å²) in [4.78, 5) is 2.06. The van der Waals surface area contributed by atoms with E-state index in [9.17, 15) is 9.50 Å². The number of hydrogen-bond donors (Lipinski definition) is 1. The second-order valence-electron chi connectivity index (χ2n) is 4.45. The van der Waals surface area contributed by atoms with Crippen molar-refractivity contribution < 1.29 is 14.2 Å². The number of ether oxygens (including phenoxy) is 1. The first-order chi connectivity index (χ1) is 7.09. The SMILES string of the molecule is CC(C)OCCCN1CC[C@H](O)[C@@H](F)C1. The van der Waals surface area contributed by atoms with Crippen LogP contribution in [0.4, 0.5) is 4.39 Å². The molecule has 15 heavy (non-hydrogen) atoms. The Labute approximate surface area is 91.2 Å². The maximum atomic E-state index is 13.1. The van der Waals surface area contributed by atoms with Gasteiger partial charge in [-0.05, 0) is 26.7 Å². The number of piperidine rings is 1. The Morgan fingerprint density at radius 3 is 2.87 bits per heavy atom. The van der Waals surface area contributed by atoms with Crippen LogP contribution in [0, 0.1) is 0 Å². The van der Waals surface area contributed by atoms with Crippen molar-refractivity contribution in [3.8, 4) is 0 Å². The molecule has 1 rings (SSSR count). The van der Waals surface area contributed by atoms with Crippen LogP contribution in [0.2, 0.25) is 0 Å². The summed E-state index contributed by atoms with van der Waals surface area (Å²) in [5.74, 6) is 0. The van der Waals surface area contributed by atoms with Crippen LogP contribution in [0.1, 0.15) is 26.7 Å². The lowest BCUT2D eigenvalue weighted by molar-refractivity contribution is 0.00170. The van der Waals surface area contributed by atoms with E-state index in [1.165, 1.54) is 0 Å². The highest BCUT2D eigenvalue weighted by atomic mass is 19.1. The van der Waals surface area contributed by atoms with Crippen LogP contribution in [-0.2, 0) is 4.74 Å². The second kappa shape index (κ2) is 6.40. The van der Waals surface area contributed by atoms with Gasteiger partial charge < -0.3 is 14.7 Å². The van der Waals surface area contributed by atoms with Crippen molar-refractivity contribution in [1.82, 2.24) is 4.90 Å². The van der Waals surface area contributed by atoms with Gasteiger partial charge in [0.25, 0.3) is 0 Å². The zero-order valence-corrected chi connectivity index (χ0v) is 9.66. The third-order valence-corrected chi connectivity index (χ3v) is 2.66. The van der Waals surface area contributed by atoms with E-state index in [1.807, 2.05) is 13.8 Å². The molecule has 0 aromatic rings. The van der Waals surface area contributed by atoms with Crippen molar-refractivity contribution in [2.24, 2.45) is 0 Å². The summed E-state index contributed by atoms with van der Waals surface area (Å²) in [6.45, 7) is 6.77. The molecule has 0 bridgehead atoms. The molecule has 0 aromatic heterocycles. The highest BCUT2D eigenvalue weighted by Crippen LogP contribution is 2.13. The molecule has 3 nitrogen and oxygen atoms in total. The van der Waals surface area contributed by atoms with Crippen LogP contribution in [0.25, 0.3) is 0 Å². The summed E-state index contributed by atoms with van der Waals surface area (Å²) in [5.41, 5.74) is 0. The standard InChI is InChI=1S/C11H22FNO2/c1-9(2)15-7-3-5-13-6-4-11(14)10(12)8-13/h9-11,14H,3-8H2,1-2H3/t10-,11-/m0/s1. The maximum absolute atomic E-state index is 13.1. The van der Waals surface area contributed by atoms with E-state index in [1.54, 1.807) is 0 Å². The van der Waals surface area contributed by atoms with Crippen molar-refractivity contribution in [2.45, 2.75) is 45.1 Å². The lowest BCUT2D eigenvalue weighted by Crippen LogP contribution is -2.44. The molecule has 0 radical (unpaired) electrons. The largest absolute Gasteiger partial charge is 0.390 e. The van der Waals surface area contributed by atoms with Crippen molar-refractivity contribution in [3.63, 3.8) is 0 Å². The molecule has 90 valence electrons. The van der Waals surface area contributed by atoms with Crippen LogP contribution in [0.15, 0.2) is 0 Å². The van der Waals surface area contributed by atoms with Gasteiger partial charge >= 0.3 is 0 Å². The molecule has 4 heteroatoms. The zero-order valence-electron chi connectivity index (χ0n) is 9.66. The van der Waals surface area contributed by atoms with Gasteiger partial charge in [0, 0.05) is 26.2 Å². The molecule has 1 N–H and O–H groups in total. The third kappa shape index (κ3) is 4.91. The molecule has 0 aromatic carbocycles. The molecule has 1 aliphatic heterocycles. The molecule has 0 amide bonds. The lowest BCUT2D eigenvalue weighted by Gasteiger charge is -2.32. The summed E-state index contributed by atoms with van der Waals surface area (Å²) in [6, 6.07) is 0. The highest BCUT2D eigenvalue weighted by Gasteiger charge is 2.26. The fraction of sp³-hybridized carbons (Fsp3) is 1.00. The van der Waals surface area contributed by atoms with Gasteiger partial charge in [0.2, 0.25) is 0 Å². The molecule has 1 saturated heterocycles. The second-order valence-corrected chi connectivity index (χ2v) is 4.45. The van der Waals surface area contributed by atoms with Crippen LogP contribution in [0.5, 0.6) is 0 Å². The number of likely N-dealkylation sites (tertiary alicyclic amines) is 1. The van der Waals surface area contributed by atoms with E-state index < -0.39 is 12.3 Å². The van der Waals surface area contributed by atoms with Gasteiger partial charge in [-0.25, -0.2) is 4.39 Å². The first kappa shape index (κ1) is 12.9. The fourth-order valence-electron chi connectivity index (χ4n) is 1.77. The van der Waals surface area contributed by atoms with Crippen molar-refractivity contribution in [2.75, 3.05) is 26.2 Å². The Morgan fingerprint density at radius 2 is 2.27 bits per heavy atom. The number of aliphatic hydroxyl groups excluding tert-OH is 1. The highest BCUT2D eigenvalue weighted by molar-refractivity contribution is 4.79. The minimum atomic E-state index is -1.08. The number of aliphatic hydroxyl groups is 1. The monoisotopic (exact) mass is 219 g/mol. The first-order valence-electron chi connectivity index (χ1n) is 5.75. The maximum Gasteiger partial charge on any atom is 0.138 e. The van der Waals surface area contributed by atoms with E-state index in [2.05, 4.69) is 4.90 Å². The van der Waals surface area contributed by atoms with Gasteiger partial charge in [-0.3, -0.25) is 0 Å². The summed E-state index contributed by atoms with van der Waals surface area (Å²) in [6.07, 6.45) is -0.0900. The Bertz CT molecular complexity index is 178. The summed E-state index contributed by atoms with van der Waals surface area (Å²) >= 11 is 0. The van der Waals surface area contributed by atoms with E-state index in [0.717, 1.165) is 26.1 Å². The molecule has 2 atom stereocenters. The summed E-state index contributed by atoms with van der Waals surface area (Å²) in [7, 11) is 0. The molecule has 0 aliphatic carbocycles. The number of nitrogens with zero attached hydrogens (tertiary/aromatic N) is 1. The van der Waals surface area contributed by atoms with Crippen molar-refractivity contribution in [1.29, 1.82) is 0 Å². The van der Waals surface area contributed by atoms with Crippen LogP contribution < -0.4 is 0 Å². The van der Waals surface area contributed by atoms with E-state index >= 15 is 0 Å². The van der Waals surface area contributed by atoms with Gasteiger partial charge in [-0.15, -0.1) is 0 Å². The average molecular weight is 219 g/mol.